The fourth-order valence-electron chi connectivity index (χ4n) is 2.03. The first-order valence-electron chi connectivity index (χ1n) is 7.41. The second kappa shape index (κ2) is 5.55. The van der Waals surface area contributed by atoms with Crippen LogP contribution >= 0.6 is 0 Å². The van der Waals surface area contributed by atoms with Gasteiger partial charge < -0.3 is 14.2 Å². The Balaban J connectivity index is 2.71. The summed E-state index contributed by atoms with van der Waals surface area (Å²) < 4.78 is 12.4. The zero-order valence-electron chi connectivity index (χ0n) is 14.5. The average molecular weight is 318 g/mol. The third-order valence-electron chi connectivity index (χ3n) is 4.19. The second-order valence-corrected chi connectivity index (χ2v) is 17.5. The highest BCUT2D eigenvalue weighted by Crippen LogP contribution is 2.39. The molecule has 0 saturated carbocycles. The molecule has 20 heavy (non-hydrogen) atoms. The zero-order chi connectivity index (χ0) is 15.9. The van der Waals surface area contributed by atoms with Gasteiger partial charge in [0, 0.05) is 0 Å². The molecule has 0 aromatic heterocycles. The van der Waals surface area contributed by atoms with Gasteiger partial charge in [0.25, 0.3) is 0 Å². The maximum Gasteiger partial charge on any atom is 0.232 e. The summed E-state index contributed by atoms with van der Waals surface area (Å²) >= 11 is 0. The molecule has 1 aliphatic heterocycles. The van der Waals surface area contributed by atoms with E-state index in [4.69, 9.17) is 8.85 Å². The largest absolute Gasteiger partial charge is 0.413 e. The predicted molar refractivity (Wildman–Crippen MR) is 87.6 cm³/mol. The molecule has 0 bridgehead atoms. The van der Waals surface area contributed by atoms with E-state index < -0.39 is 16.6 Å². The van der Waals surface area contributed by atoms with E-state index in [0.717, 1.165) is 0 Å². The lowest BCUT2D eigenvalue weighted by Crippen LogP contribution is -2.66. The van der Waals surface area contributed by atoms with Crippen LogP contribution in [0.5, 0.6) is 0 Å². The molecule has 0 aromatic rings. The highest BCUT2D eigenvalue weighted by Gasteiger charge is 2.49. The van der Waals surface area contributed by atoms with Crippen LogP contribution < -0.4 is 5.32 Å². The lowest BCUT2D eigenvalue weighted by atomic mass is 9.94. The first-order chi connectivity index (χ1) is 8.74. The Bertz CT molecular complexity index is 372. The van der Waals surface area contributed by atoms with Gasteiger partial charge in [-0.2, -0.15) is 0 Å². The molecule has 0 aliphatic carbocycles. The molecule has 1 heterocycles. The first-order valence-corrected chi connectivity index (χ1v) is 13.7. The highest BCUT2D eigenvalue weighted by atomic mass is 28.4. The summed E-state index contributed by atoms with van der Waals surface area (Å²) in [7, 11) is -3.52. The third kappa shape index (κ3) is 4.16. The van der Waals surface area contributed by atoms with Crippen LogP contribution in [0.25, 0.3) is 0 Å². The Hall–Kier alpha value is -0.176. The van der Waals surface area contributed by atoms with Gasteiger partial charge in [-0.1, -0.05) is 20.8 Å². The quantitative estimate of drug-likeness (QED) is 0.625. The SMILES string of the molecule is C[C@@H](O[Si](C)(C)C(C)(C)C)[C@H]1C(=O)N[C@@H]1O[Si](C)(C)C. The van der Waals surface area contributed by atoms with Crippen molar-refractivity contribution in [1.29, 1.82) is 0 Å². The van der Waals surface area contributed by atoms with E-state index in [1.165, 1.54) is 0 Å². The summed E-state index contributed by atoms with van der Waals surface area (Å²) in [4.78, 5) is 11.9. The Kier molecular flexibility index (Phi) is 4.96. The maximum atomic E-state index is 11.9. The number of β-lactam (4-membered cyclic amide) rings is 1. The van der Waals surface area contributed by atoms with Crippen molar-refractivity contribution in [3.63, 3.8) is 0 Å². The van der Waals surface area contributed by atoms with Crippen LogP contribution in [0.3, 0.4) is 0 Å². The van der Waals surface area contributed by atoms with Crippen LogP contribution in [0.2, 0.25) is 37.8 Å². The number of nitrogens with one attached hydrogen (secondary N) is 1. The normalized spacial score (nSPS) is 25.9. The predicted octanol–water partition coefficient (Wildman–Crippen LogP) is 3.32. The van der Waals surface area contributed by atoms with Gasteiger partial charge in [-0.15, -0.1) is 0 Å². The standard InChI is InChI=1S/C14H31NO3Si2/c1-10(17-20(8,9)14(2,3)4)11-12(16)15-13(11)18-19(5,6)7/h10-11,13H,1-9H3,(H,15,16)/t10-,11+,13-/m1/s1. The van der Waals surface area contributed by atoms with Crippen LogP contribution in [0.4, 0.5) is 0 Å². The van der Waals surface area contributed by atoms with Gasteiger partial charge in [0.15, 0.2) is 16.6 Å². The minimum Gasteiger partial charge on any atom is -0.413 e. The van der Waals surface area contributed by atoms with E-state index in [1.54, 1.807) is 0 Å². The average Bonchev–Trinajstić information content (AvgIpc) is 2.10. The van der Waals surface area contributed by atoms with Crippen LogP contribution in [0.15, 0.2) is 0 Å². The molecule has 4 nitrogen and oxygen atoms in total. The molecule has 1 rings (SSSR count). The summed E-state index contributed by atoms with van der Waals surface area (Å²) in [6.45, 7) is 19.5. The third-order valence-corrected chi connectivity index (χ3v) is 9.72. The van der Waals surface area contributed by atoms with Gasteiger partial charge in [-0.05, 0) is 44.7 Å². The van der Waals surface area contributed by atoms with Crippen LogP contribution in [0.1, 0.15) is 27.7 Å². The molecule has 1 N–H and O–H groups in total. The molecule has 0 unspecified atom stereocenters. The van der Waals surface area contributed by atoms with Gasteiger partial charge in [0.1, 0.15) is 12.1 Å². The van der Waals surface area contributed by atoms with Crippen molar-refractivity contribution in [2.24, 2.45) is 5.92 Å². The molecular formula is C14H31NO3Si2. The molecular weight excluding hydrogens is 286 g/mol. The topological polar surface area (TPSA) is 47.6 Å². The molecule has 1 fully saturated rings. The van der Waals surface area contributed by atoms with E-state index in [0.29, 0.717) is 0 Å². The summed E-state index contributed by atoms with van der Waals surface area (Å²) in [6.07, 6.45) is -0.264. The Morgan fingerprint density at radius 1 is 1.15 bits per heavy atom. The summed E-state index contributed by atoms with van der Waals surface area (Å²) in [5.74, 6) is -0.115. The van der Waals surface area contributed by atoms with Gasteiger partial charge in [0.05, 0.1) is 6.10 Å². The van der Waals surface area contributed by atoms with Crippen molar-refractivity contribution < 1.29 is 13.6 Å². The molecule has 1 saturated heterocycles. The summed E-state index contributed by atoms with van der Waals surface area (Å²) in [5.41, 5.74) is 0. The smallest absolute Gasteiger partial charge is 0.232 e. The van der Waals surface area contributed by atoms with Crippen LogP contribution in [0, 0.1) is 5.92 Å². The number of hydrogen-bond acceptors (Lipinski definition) is 3. The van der Waals surface area contributed by atoms with E-state index in [1.807, 2.05) is 6.92 Å². The Morgan fingerprint density at radius 3 is 2.00 bits per heavy atom. The lowest BCUT2D eigenvalue weighted by Gasteiger charge is -2.46. The zero-order valence-corrected chi connectivity index (χ0v) is 16.5. The van der Waals surface area contributed by atoms with Crippen molar-refractivity contribution in [3.8, 4) is 0 Å². The summed E-state index contributed by atoms with van der Waals surface area (Å²) in [5, 5.41) is 3.01. The van der Waals surface area contributed by atoms with E-state index in [-0.39, 0.29) is 29.2 Å². The maximum absolute atomic E-state index is 11.9. The molecule has 1 amide bonds. The van der Waals surface area contributed by atoms with Gasteiger partial charge in [0.2, 0.25) is 5.91 Å². The highest BCUT2D eigenvalue weighted by molar-refractivity contribution is 6.74. The van der Waals surface area contributed by atoms with Crippen molar-refractivity contribution in [1.82, 2.24) is 5.32 Å². The Morgan fingerprint density at radius 2 is 1.65 bits per heavy atom. The van der Waals surface area contributed by atoms with E-state index in [9.17, 15) is 4.79 Å². The van der Waals surface area contributed by atoms with Crippen molar-refractivity contribution in [2.75, 3.05) is 0 Å². The minimum absolute atomic E-state index is 0.0551. The molecule has 3 atom stereocenters. The van der Waals surface area contributed by atoms with Crippen LogP contribution in [-0.2, 0) is 13.6 Å². The Labute approximate surface area is 125 Å². The molecule has 0 spiro atoms. The van der Waals surface area contributed by atoms with Gasteiger partial charge in [-0.3, -0.25) is 4.79 Å². The minimum atomic E-state index is -1.86. The van der Waals surface area contributed by atoms with Crippen molar-refractivity contribution in [3.05, 3.63) is 0 Å². The molecule has 118 valence electrons. The van der Waals surface area contributed by atoms with Gasteiger partial charge >= 0.3 is 0 Å². The lowest BCUT2D eigenvalue weighted by molar-refractivity contribution is -0.151. The van der Waals surface area contributed by atoms with E-state index >= 15 is 0 Å². The molecule has 0 radical (unpaired) electrons. The second-order valence-electron chi connectivity index (χ2n) is 8.27. The monoisotopic (exact) mass is 317 g/mol. The number of carbonyl (C=O) groups is 1. The molecule has 0 aromatic carbocycles. The van der Waals surface area contributed by atoms with Crippen molar-refractivity contribution in [2.45, 2.75) is 77.8 Å². The van der Waals surface area contributed by atoms with E-state index in [2.05, 4.69) is 58.8 Å². The summed E-state index contributed by atoms with van der Waals surface area (Å²) in [6, 6.07) is 0. The van der Waals surface area contributed by atoms with Crippen molar-refractivity contribution >= 4 is 22.5 Å². The number of carbonyl (C=O) groups excluding carboxylic acids is 1. The first kappa shape index (κ1) is 17.9. The van der Waals surface area contributed by atoms with Crippen LogP contribution in [-0.4, -0.2) is 34.9 Å². The molecule has 6 heteroatoms. The number of rotatable bonds is 5. The fourth-order valence-corrected chi connectivity index (χ4v) is 4.42. The van der Waals surface area contributed by atoms with Gasteiger partial charge in [-0.25, -0.2) is 0 Å². The fraction of sp³-hybridized carbons (Fsp3) is 0.929. The molecule has 1 aliphatic rings. The number of hydrogen-bond donors (Lipinski definition) is 1. The number of amides is 1.